The van der Waals surface area contributed by atoms with Crippen LogP contribution in [-0.4, -0.2) is 34.1 Å². The van der Waals surface area contributed by atoms with Crippen molar-refractivity contribution in [1.29, 1.82) is 0 Å². The summed E-state index contributed by atoms with van der Waals surface area (Å²) >= 11 is 0. The van der Waals surface area contributed by atoms with Crippen molar-refractivity contribution in [2.24, 2.45) is 0 Å². The zero-order chi connectivity index (χ0) is 20.3. The number of carboxylic acids is 2. The van der Waals surface area contributed by atoms with Crippen molar-refractivity contribution in [3.8, 4) is 0 Å². The quantitative estimate of drug-likeness (QED) is 0.203. The molecule has 0 aliphatic carbocycles. The van der Waals surface area contributed by atoms with Crippen LogP contribution in [0, 0.1) is 0 Å². The molecule has 0 amide bonds. The van der Waals surface area contributed by atoms with Crippen LogP contribution >= 0.6 is 0 Å². The van der Waals surface area contributed by atoms with Crippen molar-refractivity contribution in [3.05, 3.63) is 0 Å². The number of rotatable bonds is 18. The van der Waals surface area contributed by atoms with Gasteiger partial charge in [-0.25, -0.2) is 0 Å². The molecule has 0 saturated carbocycles. The van der Waals surface area contributed by atoms with E-state index in [9.17, 15) is 19.2 Å². The maximum absolute atomic E-state index is 11.6. The Morgan fingerprint density at radius 1 is 0.444 bits per heavy atom. The summed E-state index contributed by atoms with van der Waals surface area (Å²) in [6.07, 6.45) is 11.0. The molecule has 27 heavy (non-hydrogen) atoms. The molecule has 0 fully saturated rings. The van der Waals surface area contributed by atoms with Crippen LogP contribution in [-0.2, 0) is 23.9 Å². The Morgan fingerprint density at radius 2 is 0.704 bits per heavy atom. The van der Waals surface area contributed by atoms with Crippen LogP contribution in [0.5, 0.6) is 0 Å². The van der Waals surface area contributed by atoms with E-state index >= 15 is 0 Å². The lowest BCUT2D eigenvalue weighted by molar-refractivity contribution is -0.159. The fraction of sp³-hybridized carbons (Fsp3) is 0.800. The molecule has 0 aliphatic rings. The second-order valence-corrected chi connectivity index (χ2v) is 6.88. The molecular formula is C20H34O7. The van der Waals surface area contributed by atoms with Gasteiger partial charge in [0.1, 0.15) is 0 Å². The van der Waals surface area contributed by atoms with Gasteiger partial charge in [0.25, 0.3) is 0 Å². The van der Waals surface area contributed by atoms with E-state index < -0.39 is 23.9 Å². The molecule has 0 bridgehead atoms. The summed E-state index contributed by atoms with van der Waals surface area (Å²) in [6.45, 7) is 0. The molecule has 0 rings (SSSR count). The average Bonchev–Trinajstić information content (AvgIpc) is 2.59. The number of carbonyl (C=O) groups is 4. The summed E-state index contributed by atoms with van der Waals surface area (Å²) in [5, 5.41) is 17.0. The standard InChI is InChI=1S/C20H34O7/c21-17(22)13-9-5-1-3-7-11-15-19(25)27-20(26)16-12-8-4-2-6-10-14-18(23)24/h1-16H2,(H,21,22)(H,23,24). The average molecular weight is 386 g/mol. The van der Waals surface area contributed by atoms with Crippen molar-refractivity contribution < 1.29 is 34.1 Å². The fourth-order valence-corrected chi connectivity index (χ4v) is 2.73. The predicted molar refractivity (Wildman–Crippen MR) is 100 cm³/mol. The highest BCUT2D eigenvalue weighted by Gasteiger charge is 2.10. The maximum atomic E-state index is 11.6. The number of esters is 2. The third-order valence-electron chi connectivity index (χ3n) is 4.27. The van der Waals surface area contributed by atoms with Crippen LogP contribution < -0.4 is 0 Å². The summed E-state index contributed by atoms with van der Waals surface area (Å²) in [4.78, 5) is 43.9. The van der Waals surface area contributed by atoms with Gasteiger partial charge in [0.2, 0.25) is 0 Å². The summed E-state index contributed by atoms with van der Waals surface area (Å²) < 4.78 is 4.78. The van der Waals surface area contributed by atoms with Crippen LogP contribution in [0.2, 0.25) is 0 Å². The monoisotopic (exact) mass is 386 g/mol. The first-order chi connectivity index (χ1) is 12.9. The molecule has 0 atom stereocenters. The molecule has 0 unspecified atom stereocenters. The van der Waals surface area contributed by atoms with Gasteiger partial charge in [0.15, 0.2) is 0 Å². The van der Waals surface area contributed by atoms with Crippen LogP contribution in [0.1, 0.15) is 103 Å². The number of aliphatic carboxylic acids is 2. The molecule has 0 heterocycles. The molecule has 0 spiro atoms. The zero-order valence-corrected chi connectivity index (χ0v) is 16.2. The van der Waals surface area contributed by atoms with Gasteiger partial charge in [0.05, 0.1) is 0 Å². The lowest BCUT2D eigenvalue weighted by atomic mass is 10.1. The molecular weight excluding hydrogens is 352 g/mol. The first-order valence-corrected chi connectivity index (χ1v) is 10.1. The van der Waals surface area contributed by atoms with E-state index in [1.54, 1.807) is 0 Å². The number of hydrogen-bond acceptors (Lipinski definition) is 5. The first kappa shape index (κ1) is 25.1. The molecule has 0 aliphatic heterocycles. The second-order valence-electron chi connectivity index (χ2n) is 6.88. The minimum absolute atomic E-state index is 0.208. The SMILES string of the molecule is O=C(O)CCCCCCCCC(=O)OC(=O)CCCCCCCCC(=O)O. The Bertz CT molecular complexity index is 406. The Balaban J connectivity index is 3.40. The number of ether oxygens (including phenoxy) is 1. The van der Waals surface area contributed by atoms with Crippen molar-refractivity contribution in [2.45, 2.75) is 103 Å². The van der Waals surface area contributed by atoms with Gasteiger partial charge >= 0.3 is 23.9 Å². The molecule has 0 saturated heterocycles. The minimum Gasteiger partial charge on any atom is -0.481 e. The van der Waals surface area contributed by atoms with Crippen molar-refractivity contribution in [1.82, 2.24) is 0 Å². The third kappa shape index (κ3) is 20.2. The smallest absolute Gasteiger partial charge is 0.313 e. The van der Waals surface area contributed by atoms with Crippen molar-refractivity contribution in [2.75, 3.05) is 0 Å². The van der Waals surface area contributed by atoms with E-state index in [4.69, 9.17) is 14.9 Å². The van der Waals surface area contributed by atoms with Gasteiger partial charge in [-0.2, -0.15) is 0 Å². The van der Waals surface area contributed by atoms with Crippen LogP contribution in [0.15, 0.2) is 0 Å². The Kier molecular flexibility index (Phi) is 16.2. The van der Waals surface area contributed by atoms with Gasteiger partial charge < -0.3 is 14.9 Å². The van der Waals surface area contributed by atoms with Crippen LogP contribution in [0.25, 0.3) is 0 Å². The fourth-order valence-electron chi connectivity index (χ4n) is 2.73. The Hall–Kier alpha value is -1.92. The van der Waals surface area contributed by atoms with Gasteiger partial charge in [-0.1, -0.05) is 51.4 Å². The predicted octanol–water partition coefficient (Wildman–Crippen LogP) is 4.47. The second kappa shape index (κ2) is 17.5. The largest absolute Gasteiger partial charge is 0.481 e. The van der Waals surface area contributed by atoms with Crippen LogP contribution in [0.3, 0.4) is 0 Å². The van der Waals surface area contributed by atoms with Gasteiger partial charge in [-0.3, -0.25) is 19.2 Å². The molecule has 0 aromatic heterocycles. The highest BCUT2D eigenvalue weighted by atomic mass is 16.6. The Morgan fingerprint density at radius 3 is 1.00 bits per heavy atom. The van der Waals surface area contributed by atoms with E-state index in [1.807, 2.05) is 0 Å². The molecule has 0 radical (unpaired) electrons. The lowest BCUT2D eigenvalue weighted by Crippen LogP contribution is -2.11. The number of carbonyl (C=O) groups excluding carboxylic acids is 2. The minimum atomic E-state index is -0.766. The van der Waals surface area contributed by atoms with E-state index in [0.29, 0.717) is 25.7 Å². The van der Waals surface area contributed by atoms with E-state index in [-0.39, 0.29) is 25.7 Å². The number of unbranched alkanes of at least 4 members (excludes halogenated alkanes) is 10. The molecule has 7 nitrogen and oxygen atoms in total. The van der Waals surface area contributed by atoms with Crippen molar-refractivity contribution >= 4 is 23.9 Å². The van der Waals surface area contributed by atoms with Gasteiger partial charge in [-0.05, 0) is 25.7 Å². The maximum Gasteiger partial charge on any atom is 0.313 e. The normalized spacial score (nSPS) is 10.5. The third-order valence-corrected chi connectivity index (χ3v) is 4.27. The summed E-state index contributed by atoms with van der Waals surface area (Å²) in [7, 11) is 0. The Labute approximate surface area is 161 Å². The highest BCUT2D eigenvalue weighted by Crippen LogP contribution is 2.11. The lowest BCUT2D eigenvalue weighted by Gasteiger charge is -2.04. The summed E-state index contributed by atoms with van der Waals surface area (Å²) in [6, 6.07) is 0. The summed E-state index contributed by atoms with van der Waals surface area (Å²) in [5.74, 6) is -2.48. The number of hydrogen-bond donors (Lipinski definition) is 2. The van der Waals surface area contributed by atoms with Gasteiger partial charge in [0, 0.05) is 25.7 Å². The molecule has 7 heteroatoms. The zero-order valence-electron chi connectivity index (χ0n) is 16.2. The topological polar surface area (TPSA) is 118 Å². The molecule has 0 aromatic carbocycles. The molecule has 2 N–H and O–H groups in total. The van der Waals surface area contributed by atoms with Crippen molar-refractivity contribution in [3.63, 3.8) is 0 Å². The number of carboxylic acid groups (broad SMARTS) is 2. The van der Waals surface area contributed by atoms with Crippen LogP contribution in [0.4, 0.5) is 0 Å². The van der Waals surface area contributed by atoms with E-state index in [1.165, 1.54) is 0 Å². The highest BCUT2D eigenvalue weighted by molar-refractivity contribution is 5.85. The molecule has 0 aromatic rings. The van der Waals surface area contributed by atoms with E-state index in [2.05, 4.69) is 0 Å². The first-order valence-electron chi connectivity index (χ1n) is 10.1. The van der Waals surface area contributed by atoms with E-state index in [0.717, 1.165) is 51.4 Å². The molecule has 156 valence electrons. The summed E-state index contributed by atoms with van der Waals surface area (Å²) in [5.41, 5.74) is 0. The van der Waals surface area contributed by atoms with Gasteiger partial charge in [-0.15, -0.1) is 0 Å².